The lowest BCUT2D eigenvalue weighted by atomic mass is 10.1. The zero-order valence-electron chi connectivity index (χ0n) is 11.0. The first kappa shape index (κ1) is 13.7. The van der Waals surface area contributed by atoms with Crippen LogP contribution in [0.3, 0.4) is 0 Å². The molecule has 0 radical (unpaired) electrons. The molecule has 0 bridgehead atoms. The summed E-state index contributed by atoms with van der Waals surface area (Å²) in [6.45, 7) is 1.09. The number of pyridine rings is 1. The van der Waals surface area contributed by atoms with E-state index >= 15 is 0 Å². The molecule has 1 aromatic heterocycles. The second-order valence-electron chi connectivity index (χ2n) is 5.04. The molecule has 0 spiro atoms. The predicted octanol–water partition coefficient (Wildman–Crippen LogP) is 2.71. The monoisotopic (exact) mass is 296 g/mol. The van der Waals surface area contributed by atoms with Gasteiger partial charge in [-0.05, 0) is 12.8 Å². The van der Waals surface area contributed by atoms with E-state index in [-0.39, 0.29) is 16.9 Å². The number of fused-ring (bicyclic) bond motifs is 1. The zero-order chi connectivity index (χ0) is 15.3. The molecule has 21 heavy (non-hydrogen) atoms. The zero-order valence-corrected chi connectivity index (χ0v) is 11.0. The van der Waals surface area contributed by atoms with Crippen LogP contribution in [0.5, 0.6) is 0 Å². The average Bonchev–Trinajstić information content (AvgIpc) is 3.25. The molecule has 7 heteroatoms. The number of halogens is 3. The number of benzene rings is 1. The number of aromatic nitrogens is 1. The van der Waals surface area contributed by atoms with Crippen LogP contribution in [-0.4, -0.2) is 10.5 Å². The van der Waals surface area contributed by atoms with Gasteiger partial charge in [-0.15, -0.1) is 0 Å². The van der Waals surface area contributed by atoms with Crippen LogP contribution in [-0.2, 0) is 4.79 Å². The Bertz CT molecular complexity index is 825. The summed E-state index contributed by atoms with van der Waals surface area (Å²) in [5, 5.41) is 1.73. The minimum absolute atomic E-state index is 0.0439. The Morgan fingerprint density at radius 1 is 1.24 bits per heavy atom. The van der Waals surface area contributed by atoms with Crippen molar-refractivity contribution in [2.24, 2.45) is 0 Å². The number of hydrogen-bond donors (Lipinski definition) is 1. The molecule has 110 valence electrons. The summed E-state index contributed by atoms with van der Waals surface area (Å²) < 4.78 is 43.2. The van der Waals surface area contributed by atoms with Crippen LogP contribution in [0.1, 0.15) is 25.8 Å². The molecule has 1 aliphatic rings. The van der Waals surface area contributed by atoms with Gasteiger partial charge in [-0.3, -0.25) is 9.59 Å². The number of nitrogens with zero attached hydrogens (tertiary/aromatic N) is 1. The van der Waals surface area contributed by atoms with Gasteiger partial charge in [0.25, 0.3) is 0 Å². The summed E-state index contributed by atoms with van der Waals surface area (Å²) in [5.74, 6) is -5.37. The lowest BCUT2D eigenvalue weighted by Gasteiger charge is -2.15. The molecule has 0 saturated heterocycles. The minimum atomic E-state index is -1.70. The fourth-order valence-electron chi connectivity index (χ4n) is 2.39. The van der Waals surface area contributed by atoms with E-state index in [0.29, 0.717) is 0 Å². The van der Waals surface area contributed by atoms with Crippen LogP contribution in [0, 0.1) is 17.5 Å². The topological polar surface area (TPSA) is 51.1 Å². The van der Waals surface area contributed by atoms with Crippen molar-refractivity contribution in [1.82, 2.24) is 4.57 Å². The Balaban J connectivity index is 2.48. The van der Waals surface area contributed by atoms with Crippen molar-refractivity contribution in [2.75, 3.05) is 5.32 Å². The van der Waals surface area contributed by atoms with Crippen molar-refractivity contribution in [3.05, 3.63) is 39.9 Å². The summed E-state index contributed by atoms with van der Waals surface area (Å²) in [5.41, 5.74) is -1.60. The second-order valence-corrected chi connectivity index (χ2v) is 5.04. The van der Waals surface area contributed by atoms with Crippen LogP contribution in [0.25, 0.3) is 10.9 Å². The summed E-state index contributed by atoms with van der Waals surface area (Å²) in [4.78, 5) is 23.1. The van der Waals surface area contributed by atoms with Gasteiger partial charge in [0, 0.05) is 25.2 Å². The predicted molar refractivity (Wildman–Crippen MR) is 70.7 cm³/mol. The molecule has 4 nitrogen and oxygen atoms in total. The maximum absolute atomic E-state index is 14.1. The molecule has 1 N–H and O–H groups in total. The Hall–Kier alpha value is -2.31. The van der Waals surface area contributed by atoms with Crippen LogP contribution in [0.15, 0.2) is 17.1 Å². The highest BCUT2D eigenvalue weighted by molar-refractivity contribution is 6.00. The molecular formula is C14H11F3N2O2. The molecule has 1 heterocycles. The molecule has 0 unspecified atom stereocenters. The molecule has 2 aromatic rings. The van der Waals surface area contributed by atoms with E-state index in [2.05, 4.69) is 5.32 Å². The second kappa shape index (κ2) is 4.61. The van der Waals surface area contributed by atoms with Crippen LogP contribution in [0.4, 0.5) is 18.9 Å². The summed E-state index contributed by atoms with van der Waals surface area (Å²) in [7, 11) is 0. The molecule has 0 atom stereocenters. The molecule has 1 aromatic carbocycles. The van der Waals surface area contributed by atoms with E-state index < -0.39 is 34.5 Å². The van der Waals surface area contributed by atoms with E-state index in [1.807, 2.05) is 0 Å². The van der Waals surface area contributed by atoms with Crippen molar-refractivity contribution in [1.29, 1.82) is 0 Å². The van der Waals surface area contributed by atoms with Gasteiger partial charge < -0.3 is 9.88 Å². The standard InChI is InChI=1S/C14H11F3N2O2/c1-6(20)18-13-9-8(21)4-5-19(7-2-3-7)14(9)12(17)10(15)11(13)16/h4-5,7H,2-3H2,1H3,(H,18,20). The molecular weight excluding hydrogens is 285 g/mol. The molecule has 1 amide bonds. The first-order valence-electron chi connectivity index (χ1n) is 6.40. The number of carbonyl (C=O) groups excluding carboxylic acids is 1. The first-order valence-corrected chi connectivity index (χ1v) is 6.40. The first-order chi connectivity index (χ1) is 9.91. The maximum atomic E-state index is 14.1. The minimum Gasteiger partial charge on any atom is -0.342 e. The summed E-state index contributed by atoms with van der Waals surface area (Å²) in [6.07, 6.45) is 2.90. The van der Waals surface area contributed by atoms with Crippen LogP contribution >= 0.6 is 0 Å². The Kier molecular flexibility index (Phi) is 3.00. The Morgan fingerprint density at radius 2 is 1.90 bits per heavy atom. The average molecular weight is 296 g/mol. The van der Waals surface area contributed by atoms with Crippen molar-refractivity contribution < 1.29 is 18.0 Å². The largest absolute Gasteiger partial charge is 0.342 e. The van der Waals surface area contributed by atoms with Gasteiger partial charge in [-0.1, -0.05) is 0 Å². The van der Waals surface area contributed by atoms with E-state index in [1.165, 1.54) is 10.8 Å². The van der Waals surface area contributed by atoms with Crippen molar-refractivity contribution >= 4 is 22.5 Å². The number of anilines is 1. The van der Waals surface area contributed by atoms with Gasteiger partial charge in [0.1, 0.15) is 0 Å². The van der Waals surface area contributed by atoms with Gasteiger partial charge >= 0.3 is 0 Å². The molecule has 1 fully saturated rings. The molecule has 0 aliphatic heterocycles. The van der Waals surface area contributed by atoms with E-state index in [4.69, 9.17) is 0 Å². The van der Waals surface area contributed by atoms with Crippen molar-refractivity contribution in [3.63, 3.8) is 0 Å². The fourth-order valence-corrected chi connectivity index (χ4v) is 2.39. The summed E-state index contributed by atoms with van der Waals surface area (Å²) >= 11 is 0. The van der Waals surface area contributed by atoms with Crippen molar-refractivity contribution in [3.8, 4) is 0 Å². The number of carbonyl (C=O) groups is 1. The van der Waals surface area contributed by atoms with Crippen LogP contribution in [0.2, 0.25) is 0 Å². The van der Waals surface area contributed by atoms with Crippen molar-refractivity contribution in [2.45, 2.75) is 25.8 Å². The van der Waals surface area contributed by atoms with E-state index in [9.17, 15) is 22.8 Å². The highest BCUT2D eigenvalue weighted by Gasteiger charge is 2.30. The number of hydrogen-bond acceptors (Lipinski definition) is 2. The SMILES string of the molecule is CC(=O)Nc1c(F)c(F)c(F)c2c1c(=O)ccn2C1CC1. The van der Waals surface area contributed by atoms with Crippen LogP contribution < -0.4 is 10.7 Å². The number of rotatable bonds is 2. The van der Waals surface area contributed by atoms with Gasteiger partial charge in [-0.25, -0.2) is 13.2 Å². The third-order valence-electron chi connectivity index (χ3n) is 3.43. The lowest BCUT2D eigenvalue weighted by molar-refractivity contribution is -0.114. The normalized spacial score (nSPS) is 14.5. The maximum Gasteiger partial charge on any atom is 0.221 e. The van der Waals surface area contributed by atoms with Gasteiger partial charge in [0.2, 0.25) is 5.91 Å². The number of nitrogens with one attached hydrogen (secondary N) is 1. The molecule has 1 aliphatic carbocycles. The number of amides is 1. The summed E-state index contributed by atoms with van der Waals surface area (Å²) in [6, 6.07) is 1.11. The highest BCUT2D eigenvalue weighted by atomic mass is 19.2. The van der Waals surface area contributed by atoms with E-state index in [0.717, 1.165) is 25.8 Å². The van der Waals surface area contributed by atoms with Gasteiger partial charge in [0.05, 0.1) is 16.6 Å². The highest BCUT2D eigenvalue weighted by Crippen LogP contribution is 2.39. The third-order valence-corrected chi connectivity index (χ3v) is 3.43. The third kappa shape index (κ3) is 2.09. The smallest absolute Gasteiger partial charge is 0.221 e. The Labute approximate surface area is 117 Å². The van der Waals surface area contributed by atoms with E-state index in [1.54, 1.807) is 0 Å². The van der Waals surface area contributed by atoms with Gasteiger partial charge in [-0.2, -0.15) is 0 Å². The Morgan fingerprint density at radius 3 is 2.48 bits per heavy atom. The lowest BCUT2D eigenvalue weighted by Crippen LogP contribution is -2.17. The quantitative estimate of drug-likeness (QED) is 0.866. The molecule has 3 rings (SSSR count). The molecule has 1 saturated carbocycles. The fraction of sp³-hybridized carbons (Fsp3) is 0.286. The van der Waals surface area contributed by atoms with Gasteiger partial charge in [0.15, 0.2) is 22.9 Å².